The minimum atomic E-state index is 1.05. The highest BCUT2D eigenvalue weighted by Gasteiger charge is 2.19. The van der Waals surface area contributed by atoms with Crippen molar-refractivity contribution in [1.82, 2.24) is 0 Å². The molecule has 0 unspecified atom stereocenters. The van der Waals surface area contributed by atoms with Crippen molar-refractivity contribution in [2.45, 2.75) is 59.8 Å². The standard InChI is InChI=1S/C12H13N.C3H8.C2H6/c13-12-10-5-1-3-8(10)7-9-4-2-6-11(9)12;1-3-2;1-2/h1,5,7H,2-4,6,13H2;3H2,1-2H3;1-2H3. The van der Waals surface area contributed by atoms with E-state index in [1.807, 2.05) is 13.8 Å². The normalized spacial score (nSPS) is 14.0. The summed E-state index contributed by atoms with van der Waals surface area (Å²) in [6.45, 7) is 8.25. The highest BCUT2D eigenvalue weighted by molar-refractivity contribution is 5.76. The molecule has 2 N–H and O–H groups in total. The lowest BCUT2D eigenvalue weighted by molar-refractivity contribution is 0.912. The van der Waals surface area contributed by atoms with Gasteiger partial charge in [0.25, 0.3) is 0 Å². The van der Waals surface area contributed by atoms with E-state index in [2.05, 4.69) is 32.1 Å². The van der Waals surface area contributed by atoms with E-state index in [-0.39, 0.29) is 0 Å². The van der Waals surface area contributed by atoms with E-state index in [0.29, 0.717) is 0 Å². The van der Waals surface area contributed by atoms with Crippen molar-refractivity contribution in [1.29, 1.82) is 0 Å². The number of hydrogen-bond acceptors (Lipinski definition) is 1. The third kappa shape index (κ3) is 2.95. The number of rotatable bonds is 0. The van der Waals surface area contributed by atoms with Gasteiger partial charge in [-0.25, -0.2) is 0 Å². The third-order valence-corrected chi connectivity index (χ3v) is 3.19. The SMILES string of the molecule is CC.CCC.Nc1c2c(cc3c1CCC3)CC=C2. The Kier molecular flexibility index (Phi) is 5.97. The van der Waals surface area contributed by atoms with Crippen LogP contribution in [0.2, 0.25) is 0 Å². The molecule has 0 aliphatic heterocycles. The first-order valence-electron chi connectivity index (χ1n) is 7.37. The monoisotopic (exact) mass is 245 g/mol. The second-order valence-corrected chi connectivity index (χ2v) is 4.67. The van der Waals surface area contributed by atoms with E-state index in [4.69, 9.17) is 5.73 Å². The Morgan fingerprint density at radius 2 is 1.78 bits per heavy atom. The van der Waals surface area contributed by atoms with Crippen molar-refractivity contribution in [3.8, 4) is 0 Å². The van der Waals surface area contributed by atoms with Crippen LogP contribution in [0.1, 0.15) is 62.8 Å². The van der Waals surface area contributed by atoms with Crippen LogP contribution in [-0.4, -0.2) is 0 Å². The fourth-order valence-corrected chi connectivity index (χ4v) is 2.53. The molecule has 100 valence electrons. The molecule has 1 aromatic rings. The summed E-state index contributed by atoms with van der Waals surface area (Å²) in [4.78, 5) is 0. The molecule has 0 amide bonds. The van der Waals surface area contributed by atoms with Gasteiger partial charge in [0.05, 0.1) is 0 Å². The van der Waals surface area contributed by atoms with Gasteiger partial charge in [-0.3, -0.25) is 0 Å². The molecule has 0 aromatic heterocycles. The van der Waals surface area contributed by atoms with Crippen molar-refractivity contribution in [3.63, 3.8) is 0 Å². The Bertz CT molecular complexity index is 415. The Morgan fingerprint density at radius 3 is 2.44 bits per heavy atom. The topological polar surface area (TPSA) is 26.0 Å². The number of benzene rings is 1. The average Bonchev–Trinajstić information content (AvgIpc) is 3.01. The number of fused-ring (bicyclic) bond motifs is 2. The molecule has 3 rings (SSSR count). The minimum absolute atomic E-state index is 1.05. The van der Waals surface area contributed by atoms with Gasteiger partial charge in [0.2, 0.25) is 0 Å². The van der Waals surface area contributed by atoms with Crippen LogP contribution in [0.3, 0.4) is 0 Å². The Hall–Kier alpha value is -1.24. The molecule has 0 saturated carbocycles. The molecule has 0 bridgehead atoms. The second kappa shape index (κ2) is 7.25. The molecule has 0 spiro atoms. The summed E-state index contributed by atoms with van der Waals surface area (Å²) >= 11 is 0. The number of nitrogens with two attached hydrogens (primary N) is 1. The van der Waals surface area contributed by atoms with E-state index in [9.17, 15) is 0 Å². The lowest BCUT2D eigenvalue weighted by atomic mass is 9.99. The highest BCUT2D eigenvalue weighted by atomic mass is 14.6. The van der Waals surface area contributed by atoms with Crippen LogP contribution in [-0.2, 0) is 19.3 Å². The average molecular weight is 245 g/mol. The summed E-state index contributed by atoms with van der Waals surface area (Å²) in [6, 6.07) is 2.36. The Labute approximate surface area is 112 Å². The minimum Gasteiger partial charge on any atom is -0.398 e. The van der Waals surface area contributed by atoms with Crippen molar-refractivity contribution in [3.05, 3.63) is 34.4 Å². The number of hydrogen-bond donors (Lipinski definition) is 1. The predicted molar refractivity (Wildman–Crippen MR) is 82.9 cm³/mol. The maximum atomic E-state index is 6.13. The van der Waals surface area contributed by atoms with E-state index in [1.54, 1.807) is 0 Å². The molecule has 1 nitrogen and oxygen atoms in total. The first-order chi connectivity index (χ1) is 8.77. The van der Waals surface area contributed by atoms with Crippen molar-refractivity contribution >= 4 is 11.8 Å². The van der Waals surface area contributed by atoms with E-state index in [0.717, 1.165) is 12.1 Å². The number of anilines is 1. The van der Waals surface area contributed by atoms with E-state index in [1.165, 1.54) is 47.9 Å². The van der Waals surface area contributed by atoms with Crippen LogP contribution < -0.4 is 5.73 Å². The van der Waals surface area contributed by atoms with Gasteiger partial charge >= 0.3 is 0 Å². The molecule has 0 fully saturated rings. The largest absolute Gasteiger partial charge is 0.398 e. The number of aryl methyl sites for hydroxylation is 1. The fraction of sp³-hybridized carbons (Fsp3) is 0.529. The maximum absolute atomic E-state index is 6.13. The molecule has 2 aliphatic carbocycles. The zero-order valence-corrected chi connectivity index (χ0v) is 12.3. The second-order valence-electron chi connectivity index (χ2n) is 4.67. The van der Waals surface area contributed by atoms with Gasteiger partial charge in [-0.1, -0.05) is 52.3 Å². The van der Waals surface area contributed by atoms with Gasteiger partial charge in [0, 0.05) is 11.3 Å². The van der Waals surface area contributed by atoms with Crippen LogP contribution >= 0.6 is 0 Å². The quantitative estimate of drug-likeness (QED) is 0.655. The molecule has 1 aromatic carbocycles. The fourth-order valence-electron chi connectivity index (χ4n) is 2.53. The van der Waals surface area contributed by atoms with Crippen LogP contribution in [0.25, 0.3) is 6.08 Å². The van der Waals surface area contributed by atoms with Gasteiger partial charge in [0.15, 0.2) is 0 Å². The van der Waals surface area contributed by atoms with Crippen LogP contribution in [0, 0.1) is 0 Å². The zero-order valence-electron chi connectivity index (χ0n) is 12.3. The summed E-state index contributed by atoms with van der Waals surface area (Å²) in [6.07, 6.45) is 10.4. The molecule has 0 saturated heterocycles. The molecule has 0 atom stereocenters. The van der Waals surface area contributed by atoms with Gasteiger partial charge in [-0.2, -0.15) is 0 Å². The Morgan fingerprint density at radius 1 is 1.11 bits per heavy atom. The summed E-state index contributed by atoms with van der Waals surface area (Å²) in [7, 11) is 0. The van der Waals surface area contributed by atoms with Crippen molar-refractivity contribution in [2.75, 3.05) is 5.73 Å². The molecular weight excluding hydrogens is 218 g/mol. The van der Waals surface area contributed by atoms with Gasteiger partial charge in [-0.05, 0) is 42.4 Å². The van der Waals surface area contributed by atoms with Gasteiger partial charge in [-0.15, -0.1) is 0 Å². The van der Waals surface area contributed by atoms with Gasteiger partial charge in [0.1, 0.15) is 0 Å². The van der Waals surface area contributed by atoms with Gasteiger partial charge < -0.3 is 5.73 Å². The highest BCUT2D eigenvalue weighted by Crippen LogP contribution is 2.35. The third-order valence-electron chi connectivity index (χ3n) is 3.19. The molecular formula is C17H27N. The zero-order chi connectivity index (χ0) is 13.5. The molecule has 18 heavy (non-hydrogen) atoms. The lowest BCUT2D eigenvalue weighted by Crippen LogP contribution is -1.98. The smallest absolute Gasteiger partial charge is 0.0425 e. The number of allylic oxidation sites excluding steroid dienone is 1. The summed E-state index contributed by atoms with van der Waals surface area (Å²) < 4.78 is 0. The molecule has 2 aliphatic rings. The summed E-state index contributed by atoms with van der Waals surface area (Å²) in [5.41, 5.74) is 12.8. The van der Waals surface area contributed by atoms with Crippen molar-refractivity contribution in [2.24, 2.45) is 0 Å². The lowest BCUT2D eigenvalue weighted by Gasteiger charge is -2.09. The van der Waals surface area contributed by atoms with Crippen molar-refractivity contribution < 1.29 is 0 Å². The first kappa shape index (κ1) is 14.8. The van der Waals surface area contributed by atoms with E-state index >= 15 is 0 Å². The predicted octanol–water partition coefficient (Wildman–Crippen LogP) is 4.77. The molecule has 1 heteroatoms. The van der Waals surface area contributed by atoms with E-state index < -0.39 is 0 Å². The summed E-state index contributed by atoms with van der Waals surface area (Å²) in [5, 5.41) is 0. The number of nitrogen functional groups attached to an aromatic ring is 1. The molecule has 0 radical (unpaired) electrons. The van der Waals surface area contributed by atoms with Crippen LogP contribution in [0.15, 0.2) is 12.1 Å². The summed E-state index contributed by atoms with van der Waals surface area (Å²) in [5.74, 6) is 0. The first-order valence-corrected chi connectivity index (χ1v) is 7.37. The maximum Gasteiger partial charge on any atom is 0.0425 e. The van der Waals surface area contributed by atoms with Crippen LogP contribution in [0.4, 0.5) is 5.69 Å². The Balaban J connectivity index is 0.000000288. The molecule has 0 heterocycles. The van der Waals surface area contributed by atoms with Crippen LogP contribution in [0.5, 0.6) is 0 Å².